The van der Waals surface area contributed by atoms with Crippen LogP contribution in [-0.2, 0) is 17.8 Å². The quantitative estimate of drug-likeness (QED) is 0.495. The first-order valence-electron chi connectivity index (χ1n) is 8.93. The molecule has 4 rings (SSSR count). The van der Waals surface area contributed by atoms with Crippen LogP contribution in [0.25, 0.3) is 10.9 Å². The number of carbonyl (C=O) groups excluding carboxylic acids is 1. The van der Waals surface area contributed by atoms with Crippen LogP contribution in [0.5, 0.6) is 5.75 Å². The number of carbonyl (C=O) groups is 2. The third-order valence-corrected chi connectivity index (χ3v) is 4.29. The highest BCUT2D eigenvalue weighted by molar-refractivity contribution is 5.95. The first-order valence-corrected chi connectivity index (χ1v) is 8.93. The van der Waals surface area contributed by atoms with Crippen molar-refractivity contribution in [3.05, 3.63) is 63.7 Å². The number of carboxylic acids is 1. The summed E-state index contributed by atoms with van der Waals surface area (Å²) in [6, 6.07) is 10.8. The molecule has 3 aromatic rings. The van der Waals surface area contributed by atoms with E-state index in [-0.39, 0.29) is 30.7 Å². The highest BCUT2D eigenvalue weighted by atomic mass is 35.5. The van der Waals surface area contributed by atoms with Crippen molar-refractivity contribution in [2.75, 3.05) is 11.9 Å². The van der Waals surface area contributed by atoms with Crippen molar-refractivity contribution >= 4 is 40.9 Å². The molecule has 0 atom stereocenters. The van der Waals surface area contributed by atoms with Gasteiger partial charge in [0, 0.05) is 6.54 Å². The Morgan fingerprint density at radius 2 is 1.93 bits per heavy atom. The van der Waals surface area contributed by atoms with Crippen molar-refractivity contribution < 1.29 is 19.4 Å². The Labute approximate surface area is 177 Å². The molecule has 1 amide bonds. The van der Waals surface area contributed by atoms with Crippen LogP contribution in [0.4, 0.5) is 5.69 Å². The summed E-state index contributed by atoms with van der Waals surface area (Å²) in [5.74, 6) is -0.987. The van der Waals surface area contributed by atoms with E-state index in [2.05, 4.69) is 15.3 Å². The molecule has 158 valence electrons. The van der Waals surface area contributed by atoms with Crippen LogP contribution in [0.3, 0.4) is 0 Å². The van der Waals surface area contributed by atoms with Gasteiger partial charge in [-0.05, 0) is 41.8 Å². The van der Waals surface area contributed by atoms with Crippen LogP contribution in [0.15, 0.2) is 41.2 Å². The number of hydrogen-bond acceptors (Lipinski definition) is 6. The lowest BCUT2D eigenvalue weighted by molar-refractivity contribution is -0.118. The second-order valence-electron chi connectivity index (χ2n) is 6.30. The fraction of sp³-hybridized carbons (Fsp3) is 0.200. The van der Waals surface area contributed by atoms with E-state index in [4.69, 9.17) is 15.6 Å². The third kappa shape index (κ3) is 5.13. The Hall–Kier alpha value is -3.43. The minimum absolute atomic E-state index is 0. The Balaban J connectivity index is 0.000000211. The van der Waals surface area contributed by atoms with Gasteiger partial charge < -0.3 is 25.9 Å². The van der Waals surface area contributed by atoms with Gasteiger partial charge in [0.2, 0.25) is 5.82 Å². The minimum Gasteiger partial charge on any atom is -0.482 e. The number of anilines is 1. The molecular weight excluding hydrogens is 412 g/mol. The molecule has 1 aliphatic heterocycles. The fourth-order valence-corrected chi connectivity index (χ4v) is 2.76. The van der Waals surface area contributed by atoms with Crippen molar-refractivity contribution in [2.45, 2.75) is 19.9 Å². The van der Waals surface area contributed by atoms with Crippen LogP contribution in [0, 0.1) is 0 Å². The molecule has 30 heavy (non-hydrogen) atoms. The maximum atomic E-state index is 11.6. The molecule has 0 aliphatic carbocycles. The van der Waals surface area contributed by atoms with Gasteiger partial charge >= 0.3 is 5.97 Å². The molecule has 0 bridgehead atoms. The number of H-pyrrole nitrogens is 1. The van der Waals surface area contributed by atoms with Crippen LogP contribution < -0.4 is 21.3 Å². The topological polar surface area (TPSA) is 147 Å². The van der Waals surface area contributed by atoms with Gasteiger partial charge in [-0.2, -0.15) is 0 Å². The molecule has 0 saturated carbocycles. The van der Waals surface area contributed by atoms with E-state index < -0.39 is 11.5 Å². The number of nitrogens with zero attached hydrogens (tertiary/aromatic N) is 1. The number of halogens is 1. The Morgan fingerprint density at radius 1 is 1.20 bits per heavy atom. The number of carboxylic acid groups (broad SMARTS) is 1. The number of aromatic amines is 1. The summed E-state index contributed by atoms with van der Waals surface area (Å²) < 4.78 is 5.18. The molecule has 10 heteroatoms. The SMILES string of the molecule is CCc1ccc2nc(C(=O)O)[nH]c(=O)c2c1.Cl.NCc1ccc2c(c1)NC(=O)CO2. The maximum Gasteiger partial charge on any atom is 0.372 e. The monoisotopic (exact) mass is 432 g/mol. The first-order chi connectivity index (χ1) is 13.9. The van der Waals surface area contributed by atoms with E-state index in [1.54, 1.807) is 12.1 Å². The van der Waals surface area contributed by atoms with Gasteiger partial charge in [0.15, 0.2) is 6.61 Å². The van der Waals surface area contributed by atoms with E-state index in [1.165, 1.54) is 0 Å². The predicted octanol–water partition coefficient (Wildman–Crippen LogP) is 2.08. The third-order valence-electron chi connectivity index (χ3n) is 4.29. The highest BCUT2D eigenvalue weighted by Gasteiger charge is 2.15. The summed E-state index contributed by atoms with van der Waals surface area (Å²) in [5, 5.41) is 11.9. The van der Waals surface area contributed by atoms with Crippen molar-refractivity contribution in [1.29, 1.82) is 0 Å². The number of aryl methyl sites for hydroxylation is 1. The van der Waals surface area contributed by atoms with Crippen molar-refractivity contribution in [3.63, 3.8) is 0 Å². The van der Waals surface area contributed by atoms with Gasteiger partial charge in [-0.3, -0.25) is 9.59 Å². The smallest absolute Gasteiger partial charge is 0.372 e. The zero-order valence-corrected chi connectivity index (χ0v) is 16.9. The molecule has 0 radical (unpaired) electrons. The normalized spacial score (nSPS) is 11.9. The van der Waals surface area contributed by atoms with E-state index in [9.17, 15) is 14.4 Å². The second kappa shape index (κ2) is 9.86. The number of aromatic carboxylic acids is 1. The molecule has 1 aromatic heterocycles. The summed E-state index contributed by atoms with van der Waals surface area (Å²) in [6.07, 6.45) is 0.816. The Morgan fingerprint density at radius 3 is 2.60 bits per heavy atom. The Kier molecular flexibility index (Phi) is 7.51. The molecule has 0 fully saturated rings. The van der Waals surface area contributed by atoms with Crippen LogP contribution in [-0.4, -0.2) is 33.6 Å². The van der Waals surface area contributed by atoms with E-state index in [0.29, 0.717) is 28.9 Å². The lowest BCUT2D eigenvalue weighted by atomic mass is 10.1. The molecular formula is C20H21ClN4O5. The Bertz CT molecular complexity index is 1150. The standard InChI is InChI=1S/C11H10N2O3.C9H10N2O2.ClH/c1-2-6-3-4-8-7(5-6)10(14)13-9(12-8)11(15)16;10-4-6-1-2-8-7(3-6)11-9(12)5-13-8;/h3-5H,2H2,1H3,(H,15,16)(H,12,13,14);1-3H,4-5,10H2,(H,11,12);1H. The number of rotatable bonds is 3. The molecule has 5 N–H and O–H groups in total. The summed E-state index contributed by atoms with van der Waals surface area (Å²) >= 11 is 0. The number of fused-ring (bicyclic) bond motifs is 2. The number of ether oxygens (including phenoxy) is 1. The van der Waals surface area contributed by atoms with Gasteiger partial charge in [0.1, 0.15) is 5.75 Å². The van der Waals surface area contributed by atoms with E-state index >= 15 is 0 Å². The molecule has 2 heterocycles. The lowest BCUT2D eigenvalue weighted by Gasteiger charge is -2.18. The lowest BCUT2D eigenvalue weighted by Crippen LogP contribution is -2.25. The first kappa shape index (κ1) is 22.9. The van der Waals surface area contributed by atoms with Gasteiger partial charge in [-0.1, -0.05) is 19.1 Å². The second-order valence-corrected chi connectivity index (χ2v) is 6.30. The average molecular weight is 433 g/mol. The van der Waals surface area contributed by atoms with Crippen LogP contribution >= 0.6 is 12.4 Å². The number of nitrogens with one attached hydrogen (secondary N) is 2. The number of aromatic nitrogens is 2. The fourth-order valence-electron chi connectivity index (χ4n) is 2.76. The van der Waals surface area contributed by atoms with E-state index in [0.717, 1.165) is 17.5 Å². The van der Waals surface area contributed by atoms with Crippen molar-refractivity contribution in [2.24, 2.45) is 5.73 Å². The minimum atomic E-state index is -1.24. The zero-order valence-electron chi connectivity index (χ0n) is 16.1. The summed E-state index contributed by atoms with van der Waals surface area (Å²) in [4.78, 5) is 39.3. The van der Waals surface area contributed by atoms with Crippen LogP contribution in [0.1, 0.15) is 28.7 Å². The summed E-state index contributed by atoms with van der Waals surface area (Å²) in [5.41, 5.74) is 8.15. The number of benzene rings is 2. The van der Waals surface area contributed by atoms with Gasteiger partial charge in [0.25, 0.3) is 11.5 Å². The molecule has 9 nitrogen and oxygen atoms in total. The number of nitrogens with two attached hydrogens (primary N) is 1. The number of amides is 1. The molecule has 0 unspecified atom stereocenters. The largest absolute Gasteiger partial charge is 0.482 e. The molecule has 1 aliphatic rings. The molecule has 2 aromatic carbocycles. The van der Waals surface area contributed by atoms with Crippen molar-refractivity contribution in [1.82, 2.24) is 9.97 Å². The van der Waals surface area contributed by atoms with Gasteiger partial charge in [-0.25, -0.2) is 9.78 Å². The molecule has 0 spiro atoms. The summed E-state index contributed by atoms with van der Waals surface area (Å²) in [6.45, 7) is 2.53. The van der Waals surface area contributed by atoms with Crippen molar-refractivity contribution in [3.8, 4) is 5.75 Å². The number of hydrogen-bond donors (Lipinski definition) is 4. The molecule has 0 saturated heterocycles. The van der Waals surface area contributed by atoms with Crippen LogP contribution in [0.2, 0.25) is 0 Å². The highest BCUT2D eigenvalue weighted by Crippen LogP contribution is 2.28. The van der Waals surface area contributed by atoms with E-state index in [1.807, 2.05) is 31.2 Å². The summed E-state index contributed by atoms with van der Waals surface area (Å²) in [7, 11) is 0. The predicted molar refractivity (Wildman–Crippen MR) is 114 cm³/mol. The zero-order chi connectivity index (χ0) is 21.0. The van der Waals surface area contributed by atoms with Gasteiger partial charge in [-0.15, -0.1) is 12.4 Å². The van der Waals surface area contributed by atoms with Gasteiger partial charge in [0.05, 0.1) is 16.6 Å². The average Bonchev–Trinajstić information content (AvgIpc) is 2.73. The maximum absolute atomic E-state index is 11.6.